The number of ether oxygens (including phenoxy) is 3. The summed E-state index contributed by atoms with van der Waals surface area (Å²) in [6.07, 6.45) is -2.89. The molecule has 6 nitrogen and oxygen atoms in total. The maximum atomic E-state index is 13.1. The van der Waals surface area contributed by atoms with E-state index < -0.39 is 23.7 Å². The van der Waals surface area contributed by atoms with Gasteiger partial charge in [0.05, 0.1) is 37.7 Å². The first-order chi connectivity index (χ1) is 12.2. The third kappa shape index (κ3) is 3.96. The Hall–Kier alpha value is -2.20. The van der Waals surface area contributed by atoms with Crippen molar-refractivity contribution >= 4 is 29.4 Å². The number of halogens is 3. The van der Waals surface area contributed by atoms with Gasteiger partial charge in [-0.3, -0.25) is 0 Å². The second-order valence-electron chi connectivity index (χ2n) is 5.10. The predicted molar refractivity (Wildman–Crippen MR) is 87.6 cm³/mol. The van der Waals surface area contributed by atoms with Crippen molar-refractivity contribution in [3.8, 4) is 0 Å². The Balaban J connectivity index is 2.68. The highest BCUT2D eigenvalue weighted by Crippen LogP contribution is 2.39. The van der Waals surface area contributed by atoms with Gasteiger partial charge in [-0.2, -0.15) is 13.2 Å². The Morgan fingerprint density at radius 2 is 1.85 bits per heavy atom. The van der Waals surface area contributed by atoms with Crippen LogP contribution in [-0.2, 0) is 30.0 Å². The average Bonchev–Trinajstić information content (AvgIpc) is 2.64. The first-order valence-corrected chi connectivity index (χ1v) is 8.47. The number of alkyl halides is 3. The van der Waals surface area contributed by atoms with Crippen molar-refractivity contribution in [2.24, 2.45) is 0 Å². The summed E-state index contributed by atoms with van der Waals surface area (Å²) in [4.78, 5) is 25.9. The van der Waals surface area contributed by atoms with Gasteiger partial charge < -0.3 is 19.1 Å². The lowest BCUT2D eigenvalue weighted by atomic mass is 10.1. The molecule has 0 aliphatic carbocycles. The van der Waals surface area contributed by atoms with Crippen LogP contribution in [0.3, 0.4) is 0 Å². The highest BCUT2D eigenvalue weighted by molar-refractivity contribution is 7.98. The lowest BCUT2D eigenvalue weighted by Crippen LogP contribution is -2.39. The van der Waals surface area contributed by atoms with Gasteiger partial charge in [-0.05, 0) is 24.5 Å². The molecule has 1 aliphatic rings. The molecule has 0 spiro atoms. The average molecular weight is 391 g/mol. The highest BCUT2D eigenvalue weighted by Gasteiger charge is 2.36. The highest BCUT2D eigenvalue weighted by atomic mass is 32.2. The van der Waals surface area contributed by atoms with Crippen LogP contribution in [0.4, 0.5) is 18.9 Å². The first kappa shape index (κ1) is 20.1. The van der Waals surface area contributed by atoms with Crippen molar-refractivity contribution in [3.63, 3.8) is 0 Å². The first-order valence-electron chi connectivity index (χ1n) is 7.24. The van der Waals surface area contributed by atoms with Crippen LogP contribution in [0.2, 0.25) is 0 Å². The second-order valence-corrected chi connectivity index (χ2v) is 5.95. The molecule has 142 valence electrons. The number of esters is 2. The third-order valence-electron chi connectivity index (χ3n) is 3.63. The second kappa shape index (κ2) is 8.00. The van der Waals surface area contributed by atoms with E-state index in [1.807, 2.05) is 0 Å². The van der Waals surface area contributed by atoms with Crippen LogP contribution in [0.15, 0.2) is 34.4 Å². The van der Waals surface area contributed by atoms with Crippen molar-refractivity contribution in [1.29, 1.82) is 0 Å². The molecule has 0 unspecified atom stereocenters. The summed E-state index contributed by atoms with van der Waals surface area (Å²) in [5, 5.41) is 0. The van der Waals surface area contributed by atoms with Crippen molar-refractivity contribution in [1.82, 2.24) is 0 Å². The van der Waals surface area contributed by atoms with Crippen LogP contribution >= 0.6 is 11.8 Å². The van der Waals surface area contributed by atoms with Crippen molar-refractivity contribution in [2.45, 2.75) is 11.1 Å². The summed E-state index contributed by atoms with van der Waals surface area (Å²) >= 11 is 1.19. The van der Waals surface area contributed by atoms with Gasteiger partial charge in [0.25, 0.3) is 0 Å². The molecule has 1 aromatic rings. The fourth-order valence-electron chi connectivity index (χ4n) is 2.41. The Morgan fingerprint density at radius 1 is 1.19 bits per heavy atom. The van der Waals surface area contributed by atoms with Crippen molar-refractivity contribution in [3.05, 3.63) is 35.0 Å². The van der Waals surface area contributed by atoms with E-state index >= 15 is 0 Å². The molecule has 10 heteroatoms. The van der Waals surface area contributed by atoms with Gasteiger partial charge in [0.15, 0.2) is 0 Å². The number of rotatable bonds is 4. The zero-order chi connectivity index (χ0) is 19.5. The van der Waals surface area contributed by atoms with Gasteiger partial charge in [0.2, 0.25) is 0 Å². The summed E-state index contributed by atoms with van der Waals surface area (Å²) in [6.45, 7) is -0.443. The van der Waals surface area contributed by atoms with Gasteiger partial charge in [-0.1, -0.05) is 0 Å². The maximum Gasteiger partial charge on any atom is 0.416 e. The van der Waals surface area contributed by atoms with E-state index in [0.29, 0.717) is 4.90 Å². The minimum atomic E-state index is -4.57. The van der Waals surface area contributed by atoms with Crippen LogP contribution < -0.4 is 4.90 Å². The fraction of sp³-hybridized carbons (Fsp3) is 0.375. The molecular formula is C16H16F3NO5S. The number of carbonyl (C=O) groups is 2. The lowest BCUT2D eigenvalue weighted by Gasteiger charge is -2.32. The molecule has 1 aliphatic heterocycles. The fourth-order valence-corrected chi connectivity index (χ4v) is 2.99. The third-order valence-corrected chi connectivity index (χ3v) is 4.42. The number of benzene rings is 1. The molecule has 1 aromatic carbocycles. The zero-order valence-electron chi connectivity index (χ0n) is 14.2. The summed E-state index contributed by atoms with van der Waals surface area (Å²) < 4.78 is 54.0. The van der Waals surface area contributed by atoms with Gasteiger partial charge in [-0.25, -0.2) is 9.59 Å². The smallest absolute Gasteiger partial charge is 0.416 e. The molecular weight excluding hydrogens is 375 g/mol. The minimum absolute atomic E-state index is 0.0776. The van der Waals surface area contributed by atoms with E-state index in [2.05, 4.69) is 4.74 Å². The quantitative estimate of drug-likeness (QED) is 0.578. The van der Waals surface area contributed by atoms with E-state index in [0.717, 1.165) is 26.4 Å². The number of carbonyl (C=O) groups excluding carboxylic acids is 2. The Morgan fingerprint density at radius 3 is 2.38 bits per heavy atom. The molecule has 0 bridgehead atoms. The molecule has 2 rings (SSSR count). The van der Waals surface area contributed by atoms with E-state index in [-0.39, 0.29) is 30.3 Å². The maximum absolute atomic E-state index is 13.1. The number of anilines is 1. The van der Waals surface area contributed by atoms with Crippen LogP contribution in [0.1, 0.15) is 5.56 Å². The Bertz CT molecular complexity index is 748. The normalized spacial score (nSPS) is 15.1. The van der Waals surface area contributed by atoms with Gasteiger partial charge in [0.1, 0.15) is 12.4 Å². The number of hydrogen-bond donors (Lipinski definition) is 0. The van der Waals surface area contributed by atoms with Crippen LogP contribution in [0, 0.1) is 0 Å². The summed E-state index contributed by atoms with van der Waals surface area (Å²) in [5.74, 6) is -1.70. The summed E-state index contributed by atoms with van der Waals surface area (Å²) in [7, 11) is 2.24. The summed E-state index contributed by atoms with van der Waals surface area (Å²) in [5.41, 5.74) is -1.15. The Labute approximate surface area is 151 Å². The van der Waals surface area contributed by atoms with Crippen LogP contribution in [-0.4, -0.2) is 45.8 Å². The topological polar surface area (TPSA) is 65.1 Å². The van der Waals surface area contributed by atoms with E-state index in [9.17, 15) is 22.8 Å². The molecule has 0 atom stereocenters. The Kier molecular flexibility index (Phi) is 6.19. The van der Waals surface area contributed by atoms with Gasteiger partial charge in [0, 0.05) is 4.90 Å². The van der Waals surface area contributed by atoms with Crippen molar-refractivity contribution < 1.29 is 37.0 Å². The van der Waals surface area contributed by atoms with Gasteiger partial charge in [-0.15, -0.1) is 11.8 Å². The largest absolute Gasteiger partial charge is 0.466 e. The van der Waals surface area contributed by atoms with E-state index in [4.69, 9.17) is 9.47 Å². The SMILES string of the molecule is COC(=O)C1=C(C(=O)OC)N(c2cc(C(F)(F)F)ccc2SC)COC1. The molecule has 0 radical (unpaired) electrons. The predicted octanol–water partition coefficient (Wildman–Crippen LogP) is 2.82. The summed E-state index contributed by atoms with van der Waals surface area (Å²) in [6, 6.07) is 3.14. The van der Waals surface area contributed by atoms with Crippen LogP contribution in [0.5, 0.6) is 0 Å². The number of thioether (sulfide) groups is 1. The van der Waals surface area contributed by atoms with Crippen LogP contribution in [0.25, 0.3) is 0 Å². The molecule has 0 amide bonds. The molecule has 0 saturated heterocycles. The van der Waals surface area contributed by atoms with E-state index in [1.54, 1.807) is 6.26 Å². The standard InChI is InChI=1S/C16H16F3NO5S/c1-23-14(21)10-7-25-8-20(13(10)15(22)24-2)11-6-9(16(17,18)19)4-5-12(11)26-3/h4-6H,7-8H2,1-3H3. The zero-order valence-corrected chi connectivity index (χ0v) is 15.0. The van der Waals surface area contributed by atoms with Gasteiger partial charge >= 0.3 is 18.1 Å². The molecule has 26 heavy (non-hydrogen) atoms. The van der Waals surface area contributed by atoms with Crippen molar-refractivity contribution in [2.75, 3.05) is 38.7 Å². The molecule has 1 heterocycles. The lowest BCUT2D eigenvalue weighted by molar-refractivity contribution is -0.140. The molecule has 0 fully saturated rings. The molecule has 0 saturated carbocycles. The number of methoxy groups -OCH3 is 2. The number of hydrogen-bond acceptors (Lipinski definition) is 7. The minimum Gasteiger partial charge on any atom is -0.466 e. The molecule has 0 aromatic heterocycles. The number of nitrogens with zero attached hydrogens (tertiary/aromatic N) is 1. The van der Waals surface area contributed by atoms with E-state index in [1.165, 1.54) is 22.7 Å². The monoisotopic (exact) mass is 391 g/mol. The molecule has 0 N–H and O–H groups in total.